The Morgan fingerprint density at radius 1 is 1.38 bits per heavy atom. The lowest BCUT2D eigenvalue weighted by Gasteiger charge is -1.98. The highest BCUT2D eigenvalue weighted by molar-refractivity contribution is 5.84. The summed E-state index contributed by atoms with van der Waals surface area (Å²) in [6.45, 7) is 3.85. The van der Waals surface area contributed by atoms with Gasteiger partial charge in [0.1, 0.15) is 17.8 Å². The number of carbonyl (C=O) groups excluding carboxylic acids is 2. The maximum Gasteiger partial charge on any atom is 0.419 e. The minimum atomic E-state index is -1.00. The van der Waals surface area contributed by atoms with Crippen LogP contribution in [-0.2, 0) is 4.74 Å². The summed E-state index contributed by atoms with van der Waals surface area (Å²) in [5, 5.41) is 8.32. The second-order valence-corrected chi connectivity index (χ2v) is 4.46. The van der Waals surface area contributed by atoms with Crippen molar-refractivity contribution >= 4 is 18.3 Å². The quantitative estimate of drug-likeness (QED) is 0.592. The molecular formula is C15H18N6O5. The third-order valence-electron chi connectivity index (χ3n) is 2.55. The van der Waals surface area contributed by atoms with Crippen LogP contribution in [0.15, 0.2) is 37.4 Å². The van der Waals surface area contributed by atoms with E-state index < -0.39 is 5.97 Å². The molecule has 0 radical (unpaired) electrons. The fourth-order valence-corrected chi connectivity index (χ4v) is 1.43. The minimum Gasteiger partial charge on any atom is -0.476 e. The Morgan fingerprint density at radius 2 is 2.15 bits per heavy atom. The lowest BCUT2D eigenvalue weighted by atomic mass is 10.5. The van der Waals surface area contributed by atoms with Crippen molar-refractivity contribution in [2.75, 3.05) is 6.61 Å². The van der Waals surface area contributed by atoms with Crippen molar-refractivity contribution in [3.8, 4) is 0 Å². The van der Waals surface area contributed by atoms with E-state index in [1.54, 1.807) is 13.8 Å². The Balaban J connectivity index is 0.000000198. The predicted octanol–water partition coefficient (Wildman–Crippen LogP) is 1.53. The van der Waals surface area contributed by atoms with E-state index in [1.807, 2.05) is 0 Å². The molecule has 3 rings (SSSR count). The van der Waals surface area contributed by atoms with Gasteiger partial charge in [-0.05, 0) is 13.8 Å². The zero-order valence-electron chi connectivity index (χ0n) is 14.1. The number of hydrogen-bond donors (Lipinski definition) is 3. The van der Waals surface area contributed by atoms with Crippen molar-refractivity contribution in [1.82, 2.24) is 29.5 Å². The van der Waals surface area contributed by atoms with Crippen LogP contribution < -0.4 is 0 Å². The number of nitrogens with zero attached hydrogens (tertiary/aromatic N) is 4. The molecule has 0 aliphatic carbocycles. The standard InChI is InChI=1S/C6H8N2O2.C5H6N2O2.C4H4N2O/c1-2-10-6(9)8-4-3-7-5-8;1-3-6-2-4(7-3)5(8)9;7-2-4-1-5-3-6-4/h3-5H,2H2,1H3;2H,1H3,(H,6,7)(H,8,9);1-3H,(H,5,6). The Bertz CT molecular complexity index is 794. The Morgan fingerprint density at radius 3 is 2.50 bits per heavy atom. The van der Waals surface area contributed by atoms with E-state index in [0.29, 0.717) is 24.4 Å². The van der Waals surface area contributed by atoms with Crippen molar-refractivity contribution < 1.29 is 24.2 Å². The fraction of sp³-hybridized carbons (Fsp3) is 0.200. The molecule has 11 nitrogen and oxygen atoms in total. The smallest absolute Gasteiger partial charge is 0.419 e. The first-order chi connectivity index (χ1) is 12.5. The van der Waals surface area contributed by atoms with Crippen LogP contribution in [0.1, 0.15) is 33.7 Å². The van der Waals surface area contributed by atoms with E-state index in [1.165, 1.54) is 42.0 Å². The van der Waals surface area contributed by atoms with Crippen LogP contribution in [-0.4, -0.2) is 59.5 Å². The van der Waals surface area contributed by atoms with Crippen LogP contribution in [0.2, 0.25) is 0 Å². The molecule has 0 spiro atoms. The second kappa shape index (κ2) is 10.9. The minimum absolute atomic E-state index is 0.0625. The zero-order chi connectivity index (χ0) is 19.4. The Labute approximate surface area is 148 Å². The summed E-state index contributed by atoms with van der Waals surface area (Å²) in [6.07, 6.45) is 9.12. The van der Waals surface area contributed by atoms with Gasteiger partial charge in [-0.2, -0.15) is 0 Å². The van der Waals surface area contributed by atoms with Crippen LogP contribution in [0.25, 0.3) is 0 Å². The summed E-state index contributed by atoms with van der Waals surface area (Å²) in [4.78, 5) is 47.0. The number of imidazole rings is 3. The van der Waals surface area contributed by atoms with Gasteiger partial charge in [-0.1, -0.05) is 0 Å². The summed E-state index contributed by atoms with van der Waals surface area (Å²) in [5.74, 6) is -0.383. The van der Waals surface area contributed by atoms with Gasteiger partial charge in [-0.3, -0.25) is 4.79 Å². The van der Waals surface area contributed by atoms with Gasteiger partial charge in [0.25, 0.3) is 0 Å². The number of aldehydes is 1. The van der Waals surface area contributed by atoms with Crippen molar-refractivity contribution in [1.29, 1.82) is 0 Å². The van der Waals surface area contributed by atoms with Gasteiger partial charge in [-0.25, -0.2) is 29.1 Å². The lowest BCUT2D eigenvalue weighted by molar-refractivity contribution is 0.0690. The highest BCUT2D eigenvalue weighted by Gasteiger charge is 2.03. The number of carbonyl (C=O) groups is 3. The average Bonchev–Trinajstić information content (AvgIpc) is 3.38. The number of aryl methyl sites for hydroxylation is 1. The number of hydrogen-bond acceptors (Lipinski definition) is 7. The molecule has 0 aliphatic heterocycles. The zero-order valence-corrected chi connectivity index (χ0v) is 14.1. The molecule has 0 amide bonds. The number of carboxylic acid groups (broad SMARTS) is 1. The monoisotopic (exact) mass is 362 g/mol. The van der Waals surface area contributed by atoms with Gasteiger partial charge in [0.05, 0.1) is 12.9 Å². The van der Waals surface area contributed by atoms with E-state index in [2.05, 4.69) is 29.7 Å². The van der Waals surface area contributed by atoms with Crippen molar-refractivity contribution in [2.45, 2.75) is 13.8 Å². The molecule has 0 aromatic carbocycles. The Hall–Kier alpha value is -3.76. The summed E-state index contributed by atoms with van der Waals surface area (Å²) in [6, 6.07) is 0. The highest BCUT2D eigenvalue weighted by Crippen LogP contribution is 1.93. The summed E-state index contributed by atoms with van der Waals surface area (Å²) in [7, 11) is 0. The molecule has 0 atom stereocenters. The molecular weight excluding hydrogens is 344 g/mol. The van der Waals surface area contributed by atoms with Gasteiger partial charge in [-0.15, -0.1) is 0 Å². The molecule has 3 aromatic heterocycles. The number of rotatable bonds is 3. The SMILES string of the molecule is CCOC(=O)n1ccnc1.Cc1nc(C(=O)O)c[nH]1.O=Cc1c[nH]cn1. The first kappa shape index (κ1) is 20.3. The topological polar surface area (TPSA) is 156 Å². The van der Waals surface area contributed by atoms with Crippen LogP contribution in [0.3, 0.4) is 0 Å². The maximum absolute atomic E-state index is 10.8. The fourth-order valence-electron chi connectivity index (χ4n) is 1.43. The van der Waals surface area contributed by atoms with Crippen LogP contribution >= 0.6 is 0 Å². The summed E-state index contributed by atoms with van der Waals surface area (Å²) < 4.78 is 5.95. The molecule has 3 heterocycles. The summed E-state index contributed by atoms with van der Waals surface area (Å²) in [5.41, 5.74) is 0.507. The molecule has 0 aliphatic rings. The molecule has 3 aromatic rings. The maximum atomic E-state index is 10.8. The number of aromatic amines is 2. The van der Waals surface area contributed by atoms with Gasteiger partial charge in [0.2, 0.25) is 0 Å². The predicted molar refractivity (Wildman–Crippen MR) is 88.9 cm³/mol. The molecule has 138 valence electrons. The number of ether oxygens (including phenoxy) is 1. The molecule has 26 heavy (non-hydrogen) atoms. The third kappa shape index (κ3) is 7.21. The normalized spacial score (nSPS) is 9.15. The van der Waals surface area contributed by atoms with Crippen molar-refractivity contribution in [2.24, 2.45) is 0 Å². The van der Waals surface area contributed by atoms with E-state index in [4.69, 9.17) is 5.11 Å². The summed E-state index contributed by atoms with van der Waals surface area (Å²) >= 11 is 0. The van der Waals surface area contributed by atoms with Gasteiger partial charge in [0, 0.05) is 24.8 Å². The number of aromatic carboxylic acids is 1. The molecule has 0 saturated heterocycles. The number of carboxylic acids is 1. The number of aromatic nitrogens is 6. The van der Waals surface area contributed by atoms with Crippen LogP contribution in [0.5, 0.6) is 0 Å². The molecule has 0 unspecified atom stereocenters. The van der Waals surface area contributed by atoms with Gasteiger partial charge in [0.15, 0.2) is 12.0 Å². The largest absolute Gasteiger partial charge is 0.476 e. The highest BCUT2D eigenvalue weighted by atomic mass is 16.5. The molecule has 3 N–H and O–H groups in total. The van der Waals surface area contributed by atoms with Crippen LogP contribution in [0.4, 0.5) is 4.79 Å². The average molecular weight is 362 g/mol. The van der Waals surface area contributed by atoms with E-state index in [0.717, 1.165) is 0 Å². The van der Waals surface area contributed by atoms with Crippen molar-refractivity contribution in [3.63, 3.8) is 0 Å². The molecule has 11 heteroatoms. The number of H-pyrrole nitrogens is 2. The van der Waals surface area contributed by atoms with E-state index in [-0.39, 0.29) is 11.8 Å². The molecule has 0 saturated carbocycles. The van der Waals surface area contributed by atoms with Crippen LogP contribution in [0, 0.1) is 6.92 Å². The second-order valence-electron chi connectivity index (χ2n) is 4.46. The Kier molecular flexibility index (Phi) is 8.51. The van der Waals surface area contributed by atoms with Gasteiger partial charge < -0.3 is 19.8 Å². The molecule has 0 bridgehead atoms. The van der Waals surface area contributed by atoms with E-state index in [9.17, 15) is 14.4 Å². The first-order valence-corrected chi connectivity index (χ1v) is 7.32. The molecule has 0 fully saturated rings. The van der Waals surface area contributed by atoms with Crippen molar-refractivity contribution in [3.05, 3.63) is 54.7 Å². The lowest BCUT2D eigenvalue weighted by Crippen LogP contribution is -2.10. The number of nitrogens with one attached hydrogen (secondary N) is 2. The third-order valence-corrected chi connectivity index (χ3v) is 2.55. The first-order valence-electron chi connectivity index (χ1n) is 7.32. The van der Waals surface area contributed by atoms with Gasteiger partial charge >= 0.3 is 12.1 Å². The van der Waals surface area contributed by atoms with E-state index >= 15 is 0 Å².